The van der Waals surface area contributed by atoms with Crippen LogP contribution >= 0.6 is 23.2 Å². The van der Waals surface area contributed by atoms with Crippen molar-refractivity contribution in [2.24, 2.45) is 7.05 Å². The molecule has 1 aromatic heterocycles. The molecule has 32 heavy (non-hydrogen) atoms. The minimum Gasteiger partial charge on any atom is -0.346 e. The Morgan fingerprint density at radius 1 is 1.25 bits per heavy atom. The van der Waals surface area contributed by atoms with Crippen molar-refractivity contribution in [2.75, 3.05) is 11.5 Å². The van der Waals surface area contributed by atoms with Gasteiger partial charge in [-0.3, -0.25) is 19.8 Å². The molecule has 3 heterocycles. The highest BCUT2D eigenvalue weighted by molar-refractivity contribution is 7.92. The molecule has 4 rings (SSSR count). The van der Waals surface area contributed by atoms with Crippen molar-refractivity contribution < 1.29 is 31.2 Å². The maximum Gasteiger partial charge on any atom is 0.428 e. The highest BCUT2D eigenvalue weighted by Crippen LogP contribution is 2.48. The number of rotatable bonds is 4. The van der Waals surface area contributed by atoms with Gasteiger partial charge >= 0.3 is 6.18 Å². The Balaban J connectivity index is 1.66. The van der Waals surface area contributed by atoms with Crippen LogP contribution in [0.15, 0.2) is 30.3 Å². The third-order valence-corrected chi connectivity index (χ3v) is 7.27. The topological polar surface area (TPSA) is 102 Å². The molecule has 1 fully saturated rings. The Hall–Kier alpha value is -2.28. The summed E-state index contributed by atoms with van der Waals surface area (Å²) in [7, 11) is -1.70. The van der Waals surface area contributed by atoms with E-state index in [0.29, 0.717) is 0 Å². The van der Waals surface area contributed by atoms with E-state index in [-0.39, 0.29) is 44.2 Å². The average Bonchev–Trinajstić information content (AvgIpc) is 3.23. The molecule has 1 aromatic carbocycles. The van der Waals surface area contributed by atoms with Crippen molar-refractivity contribution >= 4 is 44.6 Å². The molecule has 2 aliphatic heterocycles. The Morgan fingerprint density at radius 3 is 2.44 bits per heavy atom. The molecular formula is C18H15Cl2F3N4O4S. The summed E-state index contributed by atoms with van der Waals surface area (Å²) in [5, 5.41) is 6.62. The second-order valence-corrected chi connectivity index (χ2v) is 10.5. The summed E-state index contributed by atoms with van der Waals surface area (Å²) in [4.78, 5) is 17.4. The molecule has 0 spiro atoms. The van der Waals surface area contributed by atoms with Gasteiger partial charge in [-0.05, 0) is 30.3 Å². The Kier molecular flexibility index (Phi) is 5.47. The van der Waals surface area contributed by atoms with Gasteiger partial charge in [-0.25, -0.2) is 8.42 Å². The van der Waals surface area contributed by atoms with Gasteiger partial charge < -0.3 is 5.32 Å². The highest BCUT2D eigenvalue weighted by atomic mass is 35.5. The Bertz CT molecular complexity index is 1210. The molecule has 172 valence electrons. The number of hydroxylamine groups is 1. The number of benzene rings is 1. The number of hydrogen-bond acceptors (Lipinski definition) is 6. The predicted octanol–water partition coefficient (Wildman–Crippen LogP) is 2.59. The summed E-state index contributed by atoms with van der Waals surface area (Å²) < 4.78 is 65.9. The monoisotopic (exact) mass is 510 g/mol. The first-order valence-electron chi connectivity index (χ1n) is 9.05. The summed E-state index contributed by atoms with van der Waals surface area (Å²) in [6.45, 7) is 0. The van der Waals surface area contributed by atoms with Crippen LogP contribution in [0.1, 0.15) is 21.7 Å². The summed E-state index contributed by atoms with van der Waals surface area (Å²) in [5.41, 5.74) is -1.09. The molecule has 0 aliphatic carbocycles. The molecular weight excluding hydrogens is 496 g/mol. The van der Waals surface area contributed by atoms with E-state index in [1.54, 1.807) is 0 Å². The summed E-state index contributed by atoms with van der Waals surface area (Å²) in [6, 6.07) is 4.21. The number of nitrogens with one attached hydrogen (secondary N) is 2. The van der Waals surface area contributed by atoms with E-state index in [1.807, 2.05) is 0 Å². The maximum atomic E-state index is 14.1. The van der Waals surface area contributed by atoms with E-state index in [4.69, 9.17) is 28.0 Å². The molecule has 2 N–H and O–H groups in total. The van der Waals surface area contributed by atoms with E-state index in [1.165, 1.54) is 23.9 Å². The number of sulfone groups is 1. The lowest BCUT2D eigenvalue weighted by Crippen LogP contribution is -2.53. The highest BCUT2D eigenvalue weighted by Gasteiger charge is 2.60. The van der Waals surface area contributed by atoms with E-state index < -0.39 is 33.6 Å². The van der Waals surface area contributed by atoms with Crippen molar-refractivity contribution in [1.82, 2.24) is 20.6 Å². The molecule has 0 bridgehead atoms. The molecule has 1 unspecified atom stereocenters. The van der Waals surface area contributed by atoms with Crippen molar-refractivity contribution in [2.45, 2.75) is 17.8 Å². The lowest BCUT2D eigenvalue weighted by atomic mass is 9.92. The molecule has 1 amide bonds. The van der Waals surface area contributed by atoms with Gasteiger partial charge in [0.2, 0.25) is 5.60 Å². The van der Waals surface area contributed by atoms with E-state index >= 15 is 0 Å². The maximum absolute atomic E-state index is 14.1. The average molecular weight is 511 g/mol. The second kappa shape index (κ2) is 7.65. The van der Waals surface area contributed by atoms with Gasteiger partial charge in [-0.15, -0.1) is 0 Å². The van der Waals surface area contributed by atoms with Gasteiger partial charge in [0, 0.05) is 22.7 Å². The standard InChI is InChI=1S/C18H15Cl2F3N4O4S/c1-27-15(16(28)24-12-7-32(29,30)8-12)5-13(25-27)14-6-17(31-26-14,18(21,22)23)9-2-10(19)4-11(20)3-9/h2-6,12,26H,7-8H2,1H3,(H,24,28). The number of amides is 1. The number of aryl methyl sites for hydroxylation is 1. The van der Waals surface area contributed by atoms with E-state index in [2.05, 4.69) is 15.9 Å². The summed E-state index contributed by atoms with van der Waals surface area (Å²) in [5.74, 6) is -0.935. The van der Waals surface area contributed by atoms with Gasteiger partial charge in [0.05, 0.1) is 23.2 Å². The van der Waals surface area contributed by atoms with E-state index in [9.17, 15) is 26.4 Å². The Morgan fingerprint density at radius 2 is 1.88 bits per heavy atom. The molecule has 2 aromatic rings. The van der Waals surface area contributed by atoms with Crippen molar-refractivity contribution in [3.05, 3.63) is 57.3 Å². The SMILES string of the molecule is Cn1nc(C2=CC(c3cc(Cl)cc(Cl)c3)(C(F)(F)F)ON2)cc1C(=O)NC1CS(=O)(=O)C1. The first kappa shape index (κ1) is 22.9. The fourth-order valence-corrected chi connectivity index (χ4v) is 5.28. The number of aromatic nitrogens is 2. The molecule has 0 saturated carbocycles. The van der Waals surface area contributed by atoms with Crippen LogP contribution in [0.25, 0.3) is 5.70 Å². The first-order valence-corrected chi connectivity index (χ1v) is 11.6. The van der Waals surface area contributed by atoms with Gasteiger partial charge in [-0.1, -0.05) is 23.2 Å². The fraction of sp³-hybridized carbons (Fsp3) is 0.333. The second-order valence-electron chi connectivity index (χ2n) is 7.44. The van der Waals surface area contributed by atoms with Crippen LogP contribution in [0.4, 0.5) is 13.2 Å². The minimum absolute atomic E-state index is 0.00335. The van der Waals surface area contributed by atoms with Gasteiger partial charge in [0.25, 0.3) is 5.91 Å². The normalized spacial score (nSPS) is 22.8. The number of alkyl halides is 3. The molecule has 8 nitrogen and oxygen atoms in total. The number of hydrogen-bond donors (Lipinski definition) is 2. The van der Waals surface area contributed by atoms with E-state index in [0.717, 1.165) is 18.2 Å². The van der Waals surface area contributed by atoms with Crippen LogP contribution in [0.3, 0.4) is 0 Å². The fourth-order valence-electron chi connectivity index (χ4n) is 3.46. The zero-order valence-corrected chi connectivity index (χ0v) is 18.5. The predicted molar refractivity (Wildman–Crippen MR) is 110 cm³/mol. The molecule has 14 heteroatoms. The number of carbonyl (C=O) groups is 1. The van der Waals surface area contributed by atoms with Crippen molar-refractivity contribution in [3.63, 3.8) is 0 Å². The third-order valence-electron chi connectivity index (χ3n) is 5.02. The molecule has 0 radical (unpaired) electrons. The van der Waals surface area contributed by atoms with Gasteiger partial charge in [-0.2, -0.15) is 18.3 Å². The first-order chi connectivity index (χ1) is 14.8. The number of halogens is 5. The number of carbonyl (C=O) groups excluding carboxylic acids is 1. The Labute approximate surface area is 190 Å². The van der Waals surface area contributed by atoms with Crippen molar-refractivity contribution in [3.8, 4) is 0 Å². The third kappa shape index (κ3) is 4.07. The largest absolute Gasteiger partial charge is 0.428 e. The quantitative estimate of drug-likeness (QED) is 0.655. The van der Waals surface area contributed by atoms with Crippen LogP contribution in [-0.4, -0.2) is 47.8 Å². The van der Waals surface area contributed by atoms with Crippen LogP contribution < -0.4 is 10.8 Å². The minimum atomic E-state index is -4.89. The lowest BCUT2D eigenvalue weighted by molar-refractivity contribution is -0.269. The van der Waals surface area contributed by atoms with Gasteiger partial charge in [0.1, 0.15) is 11.4 Å². The van der Waals surface area contributed by atoms with Crippen LogP contribution in [0.2, 0.25) is 10.0 Å². The number of nitrogens with zero attached hydrogens (tertiary/aromatic N) is 2. The molecule has 1 saturated heterocycles. The zero-order valence-electron chi connectivity index (χ0n) is 16.2. The zero-order chi connectivity index (χ0) is 23.5. The van der Waals surface area contributed by atoms with Crippen LogP contribution in [-0.2, 0) is 27.3 Å². The van der Waals surface area contributed by atoms with Crippen LogP contribution in [0.5, 0.6) is 0 Å². The summed E-state index contributed by atoms with van der Waals surface area (Å²) in [6.07, 6.45) is -4.10. The van der Waals surface area contributed by atoms with Crippen molar-refractivity contribution in [1.29, 1.82) is 0 Å². The van der Waals surface area contributed by atoms with Crippen LogP contribution in [0, 0.1) is 0 Å². The molecule has 1 atom stereocenters. The molecule has 2 aliphatic rings. The summed E-state index contributed by atoms with van der Waals surface area (Å²) >= 11 is 11.8. The van der Waals surface area contributed by atoms with Gasteiger partial charge in [0.15, 0.2) is 9.84 Å². The lowest BCUT2D eigenvalue weighted by Gasteiger charge is -2.28. The smallest absolute Gasteiger partial charge is 0.346 e.